The maximum absolute atomic E-state index is 4.11. The minimum absolute atomic E-state index is 0.865. The number of nitrogens with one attached hydrogen (secondary N) is 1. The first kappa shape index (κ1) is 8.37. The SMILES string of the molecule is C/C=C\N=C(/C)CNC. The predicted octanol–water partition coefficient (Wildman–Crippen LogP) is 1.20. The van der Waals surface area contributed by atoms with Crippen LogP contribution in [0.25, 0.3) is 0 Å². The Bertz CT molecular complexity index is 114. The summed E-state index contributed by atoms with van der Waals surface area (Å²) in [6.45, 7) is 4.82. The fraction of sp³-hybridized carbons (Fsp3) is 0.571. The summed E-state index contributed by atoms with van der Waals surface area (Å²) >= 11 is 0. The normalized spacial score (nSPS) is 13.0. The van der Waals surface area contributed by atoms with Gasteiger partial charge in [0.25, 0.3) is 0 Å². The topological polar surface area (TPSA) is 24.4 Å². The monoisotopic (exact) mass is 126 g/mol. The Hall–Kier alpha value is -0.630. The zero-order valence-corrected chi connectivity index (χ0v) is 6.31. The van der Waals surface area contributed by atoms with Crippen LogP contribution in [0.4, 0.5) is 0 Å². The van der Waals surface area contributed by atoms with Crippen molar-refractivity contribution in [3.8, 4) is 0 Å². The highest BCUT2D eigenvalue weighted by Crippen LogP contribution is 1.77. The molecule has 0 heterocycles. The van der Waals surface area contributed by atoms with Crippen molar-refractivity contribution in [2.75, 3.05) is 13.6 Å². The van der Waals surface area contributed by atoms with Crippen molar-refractivity contribution in [1.82, 2.24) is 5.32 Å². The molecule has 0 aliphatic rings. The fourth-order valence-electron chi connectivity index (χ4n) is 0.503. The van der Waals surface area contributed by atoms with Crippen LogP contribution in [0.15, 0.2) is 17.3 Å². The van der Waals surface area contributed by atoms with E-state index in [2.05, 4.69) is 10.3 Å². The standard InChI is InChI=1S/C7H14N2/c1-4-5-9-7(2)6-8-3/h4-5,8H,6H2,1-3H3/b5-4-,9-7+. The molecule has 0 radical (unpaired) electrons. The molecular formula is C7H14N2. The van der Waals surface area contributed by atoms with Gasteiger partial charge in [0.05, 0.1) is 0 Å². The third-order valence-corrected chi connectivity index (χ3v) is 0.877. The Morgan fingerprint density at radius 2 is 2.33 bits per heavy atom. The highest BCUT2D eigenvalue weighted by molar-refractivity contribution is 5.84. The lowest BCUT2D eigenvalue weighted by Gasteiger charge is -1.93. The minimum Gasteiger partial charge on any atom is -0.315 e. The number of rotatable bonds is 3. The number of allylic oxidation sites excluding steroid dienone is 1. The molecule has 1 N–H and O–H groups in total. The predicted molar refractivity (Wildman–Crippen MR) is 41.8 cm³/mol. The lowest BCUT2D eigenvalue weighted by molar-refractivity contribution is 0.942. The van der Waals surface area contributed by atoms with E-state index in [0.717, 1.165) is 12.3 Å². The van der Waals surface area contributed by atoms with Crippen molar-refractivity contribution >= 4 is 5.71 Å². The smallest absolute Gasteiger partial charge is 0.0334 e. The Morgan fingerprint density at radius 1 is 1.67 bits per heavy atom. The van der Waals surface area contributed by atoms with Crippen LogP contribution >= 0.6 is 0 Å². The molecule has 0 bridgehead atoms. The van der Waals surface area contributed by atoms with E-state index in [1.54, 1.807) is 6.20 Å². The zero-order chi connectivity index (χ0) is 7.11. The van der Waals surface area contributed by atoms with Crippen molar-refractivity contribution in [3.05, 3.63) is 12.3 Å². The average molecular weight is 126 g/mol. The summed E-state index contributed by atoms with van der Waals surface area (Å²) in [5.41, 5.74) is 1.11. The van der Waals surface area contributed by atoms with Crippen LogP contribution in [0.3, 0.4) is 0 Å². The number of aliphatic imine (C=N–C) groups is 1. The van der Waals surface area contributed by atoms with Crippen LogP contribution in [0, 0.1) is 0 Å². The summed E-state index contributed by atoms with van der Waals surface area (Å²) in [7, 11) is 1.91. The van der Waals surface area contributed by atoms with E-state index < -0.39 is 0 Å². The summed E-state index contributed by atoms with van der Waals surface area (Å²) in [6, 6.07) is 0. The average Bonchev–Trinajstić information content (AvgIpc) is 1.85. The summed E-state index contributed by atoms with van der Waals surface area (Å²) in [6.07, 6.45) is 3.71. The summed E-state index contributed by atoms with van der Waals surface area (Å²) in [5.74, 6) is 0. The van der Waals surface area contributed by atoms with E-state index in [1.165, 1.54) is 0 Å². The molecule has 0 aromatic heterocycles. The third kappa shape index (κ3) is 5.24. The number of hydrogen-bond donors (Lipinski definition) is 1. The van der Waals surface area contributed by atoms with Crippen LogP contribution in [0.2, 0.25) is 0 Å². The zero-order valence-electron chi connectivity index (χ0n) is 6.31. The van der Waals surface area contributed by atoms with Gasteiger partial charge < -0.3 is 5.32 Å². The molecule has 0 atom stereocenters. The summed E-state index contributed by atoms with van der Waals surface area (Å²) < 4.78 is 0. The van der Waals surface area contributed by atoms with E-state index in [4.69, 9.17) is 0 Å². The molecule has 0 saturated heterocycles. The maximum atomic E-state index is 4.11. The van der Waals surface area contributed by atoms with Gasteiger partial charge in [0.15, 0.2) is 0 Å². The Labute approximate surface area is 56.7 Å². The lowest BCUT2D eigenvalue weighted by atomic mass is 10.4. The van der Waals surface area contributed by atoms with Gasteiger partial charge in [-0.3, -0.25) is 4.99 Å². The Balaban J connectivity index is 3.55. The fourth-order valence-corrected chi connectivity index (χ4v) is 0.503. The van der Waals surface area contributed by atoms with Crippen LogP contribution in [-0.2, 0) is 0 Å². The Morgan fingerprint density at radius 3 is 2.78 bits per heavy atom. The molecule has 0 aliphatic heterocycles. The van der Waals surface area contributed by atoms with E-state index in [1.807, 2.05) is 27.0 Å². The van der Waals surface area contributed by atoms with Crippen LogP contribution in [0.5, 0.6) is 0 Å². The maximum Gasteiger partial charge on any atom is 0.0334 e. The second kappa shape index (κ2) is 5.51. The van der Waals surface area contributed by atoms with Crippen molar-refractivity contribution < 1.29 is 0 Å². The first-order valence-corrected chi connectivity index (χ1v) is 3.10. The quantitative estimate of drug-likeness (QED) is 0.564. The molecule has 9 heavy (non-hydrogen) atoms. The highest BCUT2D eigenvalue weighted by atomic mass is 14.8. The van der Waals surface area contributed by atoms with Crippen molar-refractivity contribution in [2.45, 2.75) is 13.8 Å². The summed E-state index contributed by atoms with van der Waals surface area (Å²) in [5, 5.41) is 3.01. The largest absolute Gasteiger partial charge is 0.315 e. The van der Waals surface area contributed by atoms with Crippen LogP contribution < -0.4 is 5.32 Å². The molecule has 2 nitrogen and oxygen atoms in total. The third-order valence-electron chi connectivity index (χ3n) is 0.877. The van der Waals surface area contributed by atoms with Gasteiger partial charge in [0.1, 0.15) is 0 Å². The minimum atomic E-state index is 0.865. The molecule has 0 unspecified atom stereocenters. The molecule has 52 valence electrons. The van der Waals surface area contributed by atoms with E-state index in [0.29, 0.717) is 0 Å². The molecular weight excluding hydrogens is 112 g/mol. The molecule has 0 aromatic rings. The number of hydrogen-bond acceptors (Lipinski definition) is 2. The molecule has 0 saturated carbocycles. The van der Waals surface area contributed by atoms with Gasteiger partial charge in [0, 0.05) is 18.5 Å². The molecule has 0 spiro atoms. The highest BCUT2D eigenvalue weighted by Gasteiger charge is 1.82. The van der Waals surface area contributed by atoms with Gasteiger partial charge in [-0.2, -0.15) is 0 Å². The number of nitrogens with zero attached hydrogens (tertiary/aromatic N) is 1. The molecule has 0 fully saturated rings. The van der Waals surface area contributed by atoms with Crippen molar-refractivity contribution in [2.24, 2.45) is 4.99 Å². The molecule has 0 aromatic carbocycles. The van der Waals surface area contributed by atoms with E-state index >= 15 is 0 Å². The molecule has 0 rings (SSSR count). The Kier molecular flexibility index (Phi) is 5.12. The van der Waals surface area contributed by atoms with Crippen LogP contribution in [0.1, 0.15) is 13.8 Å². The summed E-state index contributed by atoms with van der Waals surface area (Å²) in [4.78, 5) is 4.11. The van der Waals surface area contributed by atoms with Gasteiger partial charge in [0.2, 0.25) is 0 Å². The van der Waals surface area contributed by atoms with Crippen molar-refractivity contribution in [1.29, 1.82) is 0 Å². The van der Waals surface area contributed by atoms with Crippen LogP contribution in [-0.4, -0.2) is 19.3 Å². The molecule has 0 aliphatic carbocycles. The lowest BCUT2D eigenvalue weighted by Crippen LogP contribution is -2.15. The van der Waals surface area contributed by atoms with Gasteiger partial charge in [-0.25, -0.2) is 0 Å². The van der Waals surface area contributed by atoms with E-state index in [-0.39, 0.29) is 0 Å². The molecule has 0 amide bonds. The second-order valence-electron chi connectivity index (χ2n) is 1.88. The van der Waals surface area contributed by atoms with Gasteiger partial charge in [-0.05, 0) is 20.9 Å². The van der Waals surface area contributed by atoms with Gasteiger partial charge in [-0.1, -0.05) is 6.08 Å². The van der Waals surface area contributed by atoms with Gasteiger partial charge >= 0.3 is 0 Å². The van der Waals surface area contributed by atoms with E-state index in [9.17, 15) is 0 Å². The first-order chi connectivity index (χ1) is 4.31. The second-order valence-corrected chi connectivity index (χ2v) is 1.88. The van der Waals surface area contributed by atoms with Crippen molar-refractivity contribution in [3.63, 3.8) is 0 Å². The van der Waals surface area contributed by atoms with Gasteiger partial charge in [-0.15, -0.1) is 0 Å². The first-order valence-electron chi connectivity index (χ1n) is 3.10. The molecule has 2 heteroatoms.